The van der Waals surface area contributed by atoms with E-state index in [-0.39, 0.29) is 17.5 Å². The zero-order valence-corrected chi connectivity index (χ0v) is 11.9. The molecular formula is C16H21FO3. The molecule has 3 rings (SSSR count). The molecule has 1 spiro atoms. The van der Waals surface area contributed by atoms with E-state index in [0.29, 0.717) is 17.9 Å². The number of rotatable bonds is 2. The predicted molar refractivity (Wildman–Crippen MR) is 73.5 cm³/mol. The molecule has 1 aromatic carbocycles. The van der Waals surface area contributed by atoms with Gasteiger partial charge < -0.3 is 14.2 Å². The molecule has 1 aromatic rings. The fourth-order valence-corrected chi connectivity index (χ4v) is 3.07. The first kappa shape index (κ1) is 13.8. The molecule has 0 amide bonds. The van der Waals surface area contributed by atoms with Gasteiger partial charge in [-0.15, -0.1) is 0 Å². The Morgan fingerprint density at radius 1 is 1.25 bits per heavy atom. The van der Waals surface area contributed by atoms with Crippen LogP contribution in [0.3, 0.4) is 0 Å². The lowest BCUT2D eigenvalue weighted by Gasteiger charge is -2.43. The molecule has 1 atom stereocenters. The Kier molecular flexibility index (Phi) is 3.94. The van der Waals surface area contributed by atoms with Crippen LogP contribution < -0.4 is 4.74 Å². The topological polar surface area (TPSA) is 27.7 Å². The van der Waals surface area contributed by atoms with Crippen LogP contribution in [0.5, 0.6) is 5.75 Å². The average Bonchev–Trinajstić information content (AvgIpc) is 2.45. The number of hydrogen-bond acceptors (Lipinski definition) is 3. The molecule has 0 radical (unpaired) electrons. The first-order valence-corrected chi connectivity index (χ1v) is 7.32. The van der Waals surface area contributed by atoms with Crippen LogP contribution in [0.1, 0.15) is 31.2 Å². The summed E-state index contributed by atoms with van der Waals surface area (Å²) in [5, 5.41) is 0. The third-order valence-electron chi connectivity index (χ3n) is 4.30. The second-order valence-electron chi connectivity index (χ2n) is 5.76. The van der Waals surface area contributed by atoms with E-state index in [1.807, 2.05) is 6.07 Å². The molecular weight excluding hydrogens is 259 g/mol. The number of halogens is 1. The highest BCUT2D eigenvalue weighted by Crippen LogP contribution is 2.36. The first-order chi connectivity index (χ1) is 9.69. The van der Waals surface area contributed by atoms with Crippen LogP contribution >= 0.6 is 0 Å². The maximum absolute atomic E-state index is 14.0. The molecule has 2 aliphatic heterocycles. The number of aryl methyl sites for hydroxylation is 1. The van der Waals surface area contributed by atoms with E-state index in [2.05, 4.69) is 0 Å². The van der Waals surface area contributed by atoms with Gasteiger partial charge in [0.2, 0.25) is 0 Å². The number of ether oxygens (including phenoxy) is 3. The monoisotopic (exact) mass is 280 g/mol. The summed E-state index contributed by atoms with van der Waals surface area (Å²) in [7, 11) is 0. The van der Waals surface area contributed by atoms with E-state index in [1.165, 1.54) is 0 Å². The van der Waals surface area contributed by atoms with Gasteiger partial charge in [-0.2, -0.15) is 0 Å². The van der Waals surface area contributed by atoms with E-state index in [4.69, 9.17) is 14.2 Å². The van der Waals surface area contributed by atoms with Crippen LogP contribution in [0, 0.1) is 12.7 Å². The van der Waals surface area contributed by atoms with E-state index in [9.17, 15) is 4.39 Å². The Balaban J connectivity index is 1.69. The third-order valence-corrected chi connectivity index (χ3v) is 4.30. The molecule has 110 valence electrons. The van der Waals surface area contributed by atoms with Crippen LogP contribution in [0.25, 0.3) is 0 Å². The molecule has 0 aromatic heterocycles. The minimum absolute atomic E-state index is 0.0261. The Hall–Kier alpha value is -1.13. The normalized spacial score (nSPS) is 25.6. The molecule has 3 nitrogen and oxygen atoms in total. The zero-order valence-electron chi connectivity index (χ0n) is 11.9. The molecule has 1 unspecified atom stereocenters. The summed E-state index contributed by atoms with van der Waals surface area (Å²) in [6.07, 6.45) is 3.48. The van der Waals surface area contributed by atoms with Crippen LogP contribution in [-0.4, -0.2) is 31.5 Å². The van der Waals surface area contributed by atoms with Gasteiger partial charge in [0.05, 0.1) is 12.2 Å². The molecule has 2 heterocycles. The van der Waals surface area contributed by atoms with E-state index >= 15 is 0 Å². The Morgan fingerprint density at radius 3 is 2.85 bits per heavy atom. The highest BCUT2D eigenvalue weighted by atomic mass is 19.1. The summed E-state index contributed by atoms with van der Waals surface area (Å²) in [5.74, 6) is 0.110. The fourth-order valence-electron chi connectivity index (χ4n) is 3.07. The van der Waals surface area contributed by atoms with Crippen molar-refractivity contribution in [2.24, 2.45) is 0 Å². The highest BCUT2D eigenvalue weighted by molar-refractivity contribution is 5.30. The standard InChI is InChI=1S/C16H21FO3/c1-12-3-2-4-14(15(12)17)20-13-5-8-19-16(11-13)6-9-18-10-7-16/h2-4,13H,5-11H2,1H3. The molecule has 2 aliphatic rings. The Bertz CT molecular complexity index is 463. The number of hydrogen-bond donors (Lipinski definition) is 0. The van der Waals surface area contributed by atoms with Crippen LogP contribution in [0.15, 0.2) is 18.2 Å². The predicted octanol–water partition coefficient (Wildman–Crippen LogP) is 3.24. The molecule has 0 saturated carbocycles. The Labute approximate surface area is 119 Å². The summed E-state index contributed by atoms with van der Waals surface area (Å²) >= 11 is 0. The van der Waals surface area contributed by atoms with Crippen LogP contribution in [0.2, 0.25) is 0 Å². The van der Waals surface area contributed by atoms with Gasteiger partial charge >= 0.3 is 0 Å². The van der Waals surface area contributed by atoms with Crippen molar-refractivity contribution in [1.82, 2.24) is 0 Å². The van der Waals surface area contributed by atoms with Crippen molar-refractivity contribution in [3.05, 3.63) is 29.6 Å². The van der Waals surface area contributed by atoms with Crippen molar-refractivity contribution in [2.75, 3.05) is 19.8 Å². The smallest absolute Gasteiger partial charge is 0.167 e. The second kappa shape index (κ2) is 5.70. The summed E-state index contributed by atoms with van der Waals surface area (Å²) < 4.78 is 31.3. The second-order valence-corrected chi connectivity index (χ2v) is 5.76. The molecule has 2 saturated heterocycles. The molecule has 20 heavy (non-hydrogen) atoms. The van der Waals surface area contributed by atoms with Crippen LogP contribution in [0.4, 0.5) is 4.39 Å². The Morgan fingerprint density at radius 2 is 2.05 bits per heavy atom. The largest absolute Gasteiger partial charge is 0.487 e. The minimum atomic E-state index is -0.250. The van der Waals surface area contributed by atoms with Crippen molar-refractivity contribution >= 4 is 0 Å². The maximum atomic E-state index is 14.0. The van der Waals surface area contributed by atoms with Gasteiger partial charge in [0, 0.05) is 26.1 Å². The van der Waals surface area contributed by atoms with E-state index in [0.717, 1.165) is 38.9 Å². The van der Waals surface area contributed by atoms with Crippen LogP contribution in [-0.2, 0) is 9.47 Å². The summed E-state index contributed by atoms with van der Waals surface area (Å²) in [5.41, 5.74) is 0.497. The summed E-state index contributed by atoms with van der Waals surface area (Å²) in [6, 6.07) is 5.29. The van der Waals surface area contributed by atoms with E-state index in [1.54, 1.807) is 19.1 Å². The minimum Gasteiger partial charge on any atom is -0.487 e. The molecule has 2 fully saturated rings. The quantitative estimate of drug-likeness (QED) is 0.832. The molecule has 0 N–H and O–H groups in total. The van der Waals surface area contributed by atoms with Gasteiger partial charge in [-0.1, -0.05) is 12.1 Å². The van der Waals surface area contributed by atoms with Crippen molar-refractivity contribution in [3.8, 4) is 5.75 Å². The van der Waals surface area contributed by atoms with E-state index < -0.39 is 0 Å². The number of benzene rings is 1. The lowest BCUT2D eigenvalue weighted by molar-refractivity contribution is -0.156. The summed E-state index contributed by atoms with van der Waals surface area (Å²) in [6.45, 7) is 3.92. The van der Waals surface area contributed by atoms with Crippen molar-refractivity contribution in [1.29, 1.82) is 0 Å². The molecule has 0 aliphatic carbocycles. The average molecular weight is 280 g/mol. The van der Waals surface area contributed by atoms with Gasteiger partial charge in [-0.25, -0.2) is 4.39 Å². The zero-order chi connectivity index (χ0) is 14.0. The van der Waals surface area contributed by atoms with Crippen molar-refractivity contribution < 1.29 is 18.6 Å². The van der Waals surface area contributed by atoms with Crippen molar-refractivity contribution in [2.45, 2.75) is 44.3 Å². The van der Waals surface area contributed by atoms with Gasteiger partial charge in [-0.3, -0.25) is 0 Å². The van der Waals surface area contributed by atoms with Gasteiger partial charge in [0.25, 0.3) is 0 Å². The van der Waals surface area contributed by atoms with Gasteiger partial charge in [0.15, 0.2) is 11.6 Å². The molecule has 0 bridgehead atoms. The lowest BCUT2D eigenvalue weighted by atomic mass is 9.85. The fraction of sp³-hybridized carbons (Fsp3) is 0.625. The highest BCUT2D eigenvalue weighted by Gasteiger charge is 2.40. The first-order valence-electron chi connectivity index (χ1n) is 7.32. The van der Waals surface area contributed by atoms with Gasteiger partial charge in [-0.05, 0) is 31.4 Å². The third kappa shape index (κ3) is 2.81. The van der Waals surface area contributed by atoms with Gasteiger partial charge in [0.1, 0.15) is 6.10 Å². The van der Waals surface area contributed by atoms with Crippen molar-refractivity contribution in [3.63, 3.8) is 0 Å². The lowest BCUT2D eigenvalue weighted by Crippen LogP contribution is -2.47. The summed E-state index contributed by atoms with van der Waals surface area (Å²) in [4.78, 5) is 0. The maximum Gasteiger partial charge on any atom is 0.167 e. The molecule has 4 heteroatoms. The SMILES string of the molecule is Cc1cccc(OC2CCOC3(CCOCC3)C2)c1F.